The summed E-state index contributed by atoms with van der Waals surface area (Å²) in [7, 11) is 0. The minimum Gasteiger partial charge on any atom is -0.488 e. The number of rotatable bonds is 3. The molecule has 0 aliphatic carbocycles. The number of nitrogens with zero attached hydrogens (tertiary/aromatic N) is 1. The number of fused-ring (bicyclic) bond motifs is 1. The second-order valence-electron chi connectivity index (χ2n) is 3.09. The lowest BCUT2D eigenvalue weighted by atomic mass is 10.2. The average molecular weight is 223 g/mol. The maximum atomic E-state index is 6.03. The first kappa shape index (κ1) is 10.2. The molecule has 0 fully saturated rings. The van der Waals surface area contributed by atoms with E-state index in [1.54, 1.807) is 12.3 Å². The molecule has 78 valence electrons. The summed E-state index contributed by atoms with van der Waals surface area (Å²) in [5, 5.41) is 1.57. The molecule has 0 bridgehead atoms. The molecule has 4 heteroatoms. The molecule has 1 aromatic carbocycles. The van der Waals surface area contributed by atoms with Crippen LogP contribution in [0.25, 0.3) is 10.9 Å². The Morgan fingerprint density at radius 2 is 2.20 bits per heavy atom. The van der Waals surface area contributed by atoms with Crippen molar-refractivity contribution in [3.05, 3.63) is 35.5 Å². The van der Waals surface area contributed by atoms with E-state index < -0.39 is 0 Å². The second kappa shape index (κ2) is 4.47. The van der Waals surface area contributed by atoms with Gasteiger partial charge in [0, 0.05) is 18.1 Å². The minimum absolute atomic E-state index is 0.440. The molecule has 0 unspecified atom stereocenters. The molecule has 3 nitrogen and oxygen atoms in total. The van der Waals surface area contributed by atoms with Gasteiger partial charge < -0.3 is 10.5 Å². The van der Waals surface area contributed by atoms with Crippen molar-refractivity contribution >= 4 is 22.5 Å². The molecule has 1 heterocycles. The third kappa shape index (κ3) is 2.03. The van der Waals surface area contributed by atoms with E-state index >= 15 is 0 Å². The standard InChI is InChI=1S/C11H11ClN2O/c12-9-4-3-8-2-1-6-14-10(8)11(9)15-7-5-13/h1-4,6H,5,7,13H2. The summed E-state index contributed by atoms with van der Waals surface area (Å²) in [6.45, 7) is 0.898. The van der Waals surface area contributed by atoms with Crippen LogP contribution in [0, 0.1) is 0 Å². The fraction of sp³-hybridized carbons (Fsp3) is 0.182. The van der Waals surface area contributed by atoms with E-state index in [9.17, 15) is 0 Å². The van der Waals surface area contributed by atoms with Crippen LogP contribution in [-0.2, 0) is 0 Å². The van der Waals surface area contributed by atoms with Crippen LogP contribution in [0.15, 0.2) is 30.5 Å². The average Bonchev–Trinajstić information content (AvgIpc) is 2.28. The number of aromatic nitrogens is 1. The Labute approximate surface area is 92.8 Å². The van der Waals surface area contributed by atoms with E-state index in [2.05, 4.69) is 4.98 Å². The van der Waals surface area contributed by atoms with Crippen LogP contribution in [0.3, 0.4) is 0 Å². The summed E-state index contributed by atoms with van der Waals surface area (Å²) in [4.78, 5) is 4.24. The Balaban J connectivity index is 2.53. The molecule has 0 amide bonds. The molecule has 1 aromatic heterocycles. The third-order valence-electron chi connectivity index (χ3n) is 2.04. The van der Waals surface area contributed by atoms with Gasteiger partial charge in [0.05, 0.1) is 5.02 Å². The molecule has 0 saturated carbocycles. The van der Waals surface area contributed by atoms with Crippen molar-refractivity contribution in [1.29, 1.82) is 0 Å². The normalized spacial score (nSPS) is 10.5. The fourth-order valence-electron chi connectivity index (χ4n) is 1.39. The number of hydrogen-bond acceptors (Lipinski definition) is 3. The lowest BCUT2D eigenvalue weighted by Crippen LogP contribution is -2.11. The van der Waals surface area contributed by atoms with E-state index in [-0.39, 0.29) is 0 Å². The summed E-state index contributed by atoms with van der Waals surface area (Å²) in [5.41, 5.74) is 6.16. The maximum absolute atomic E-state index is 6.03. The fourth-order valence-corrected chi connectivity index (χ4v) is 1.60. The van der Waals surface area contributed by atoms with Crippen molar-refractivity contribution in [3.8, 4) is 5.75 Å². The van der Waals surface area contributed by atoms with Gasteiger partial charge in [0.25, 0.3) is 0 Å². The number of pyridine rings is 1. The molecular weight excluding hydrogens is 212 g/mol. The van der Waals surface area contributed by atoms with E-state index in [0.29, 0.717) is 23.9 Å². The molecule has 2 rings (SSSR count). The van der Waals surface area contributed by atoms with E-state index in [4.69, 9.17) is 22.1 Å². The summed E-state index contributed by atoms with van der Waals surface area (Å²) in [6, 6.07) is 7.56. The van der Waals surface area contributed by atoms with Crippen molar-refractivity contribution in [2.24, 2.45) is 5.73 Å². The topological polar surface area (TPSA) is 48.1 Å². The van der Waals surface area contributed by atoms with Gasteiger partial charge in [0.2, 0.25) is 0 Å². The van der Waals surface area contributed by atoms with Gasteiger partial charge in [-0.1, -0.05) is 23.7 Å². The molecule has 2 aromatic rings. The Hall–Kier alpha value is -1.32. The van der Waals surface area contributed by atoms with E-state index in [1.165, 1.54) is 0 Å². The Bertz CT molecular complexity index is 473. The minimum atomic E-state index is 0.440. The first-order valence-corrected chi connectivity index (χ1v) is 5.07. The first-order chi connectivity index (χ1) is 7.33. The molecule has 0 atom stereocenters. The van der Waals surface area contributed by atoms with Gasteiger partial charge in [-0.3, -0.25) is 4.98 Å². The summed E-state index contributed by atoms with van der Waals surface area (Å²) in [5.74, 6) is 0.611. The zero-order valence-corrected chi connectivity index (χ0v) is 8.87. The zero-order chi connectivity index (χ0) is 10.7. The molecule has 15 heavy (non-hydrogen) atoms. The highest BCUT2D eigenvalue weighted by Gasteiger charge is 2.07. The molecule has 0 saturated heterocycles. The molecule has 0 radical (unpaired) electrons. The third-order valence-corrected chi connectivity index (χ3v) is 2.34. The monoisotopic (exact) mass is 222 g/mol. The number of nitrogens with two attached hydrogens (primary N) is 1. The van der Waals surface area contributed by atoms with E-state index in [0.717, 1.165) is 10.9 Å². The van der Waals surface area contributed by atoms with Crippen molar-refractivity contribution in [3.63, 3.8) is 0 Å². The van der Waals surface area contributed by atoms with Crippen LogP contribution in [-0.4, -0.2) is 18.1 Å². The predicted octanol–water partition coefficient (Wildman–Crippen LogP) is 2.23. The molecule has 0 aliphatic heterocycles. The zero-order valence-electron chi connectivity index (χ0n) is 8.11. The van der Waals surface area contributed by atoms with Crippen LogP contribution >= 0.6 is 11.6 Å². The van der Waals surface area contributed by atoms with Gasteiger partial charge in [-0.2, -0.15) is 0 Å². The highest BCUT2D eigenvalue weighted by Crippen LogP contribution is 2.31. The van der Waals surface area contributed by atoms with Gasteiger partial charge >= 0.3 is 0 Å². The quantitative estimate of drug-likeness (QED) is 0.867. The van der Waals surface area contributed by atoms with Crippen LogP contribution in [0.1, 0.15) is 0 Å². The predicted molar refractivity (Wildman–Crippen MR) is 61.3 cm³/mol. The highest BCUT2D eigenvalue weighted by atomic mass is 35.5. The summed E-state index contributed by atoms with van der Waals surface area (Å²) >= 11 is 6.03. The van der Waals surface area contributed by atoms with Crippen molar-refractivity contribution in [1.82, 2.24) is 4.98 Å². The van der Waals surface area contributed by atoms with E-state index in [1.807, 2.05) is 18.2 Å². The highest BCUT2D eigenvalue weighted by molar-refractivity contribution is 6.33. The Kier molecular flexibility index (Phi) is 3.04. The first-order valence-electron chi connectivity index (χ1n) is 4.69. The van der Waals surface area contributed by atoms with Crippen LogP contribution in [0.5, 0.6) is 5.75 Å². The number of halogens is 1. The van der Waals surface area contributed by atoms with Gasteiger partial charge in [-0.25, -0.2) is 0 Å². The Morgan fingerprint density at radius 1 is 1.33 bits per heavy atom. The van der Waals surface area contributed by atoms with Gasteiger partial charge in [0.15, 0.2) is 5.75 Å². The van der Waals surface area contributed by atoms with Crippen molar-refractivity contribution < 1.29 is 4.74 Å². The number of ether oxygens (including phenoxy) is 1. The lowest BCUT2D eigenvalue weighted by Gasteiger charge is -2.09. The van der Waals surface area contributed by atoms with Gasteiger partial charge in [-0.05, 0) is 12.1 Å². The number of benzene rings is 1. The molecule has 2 N–H and O–H groups in total. The van der Waals surface area contributed by atoms with Crippen LogP contribution in [0.2, 0.25) is 5.02 Å². The SMILES string of the molecule is NCCOc1c(Cl)ccc2cccnc12. The summed E-state index contributed by atoms with van der Waals surface area (Å²) in [6.07, 6.45) is 1.72. The smallest absolute Gasteiger partial charge is 0.164 e. The van der Waals surface area contributed by atoms with Gasteiger partial charge in [-0.15, -0.1) is 0 Å². The Morgan fingerprint density at radius 3 is 3.00 bits per heavy atom. The molecule has 0 aliphatic rings. The maximum Gasteiger partial charge on any atom is 0.164 e. The molecule has 0 spiro atoms. The van der Waals surface area contributed by atoms with Crippen LogP contribution in [0.4, 0.5) is 0 Å². The van der Waals surface area contributed by atoms with Crippen LogP contribution < -0.4 is 10.5 Å². The lowest BCUT2D eigenvalue weighted by molar-refractivity contribution is 0.332. The van der Waals surface area contributed by atoms with Gasteiger partial charge in [0.1, 0.15) is 12.1 Å². The molecular formula is C11H11ClN2O. The summed E-state index contributed by atoms with van der Waals surface area (Å²) < 4.78 is 5.48. The largest absolute Gasteiger partial charge is 0.488 e. The second-order valence-corrected chi connectivity index (χ2v) is 3.50. The van der Waals surface area contributed by atoms with Crippen molar-refractivity contribution in [2.45, 2.75) is 0 Å². The number of hydrogen-bond donors (Lipinski definition) is 1. The van der Waals surface area contributed by atoms with Crippen molar-refractivity contribution in [2.75, 3.05) is 13.2 Å².